The van der Waals surface area contributed by atoms with E-state index in [4.69, 9.17) is 4.74 Å². The SMILES string of the molecule is CCCC(=O)OC1CCNCC1.Cl. The molecule has 1 rings (SSSR count). The smallest absolute Gasteiger partial charge is 0.306 e. The molecule has 3 nitrogen and oxygen atoms in total. The van der Waals surface area contributed by atoms with Crippen molar-refractivity contribution >= 4 is 18.4 Å². The first-order valence-electron chi connectivity index (χ1n) is 4.73. The second-order valence-corrected chi connectivity index (χ2v) is 3.19. The van der Waals surface area contributed by atoms with Crippen molar-refractivity contribution in [3.63, 3.8) is 0 Å². The molecule has 0 radical (unpaired) electrons. The van der Waals surface area contributed by atoms with E-state index in [9.17, 15) is 4.79 Å². The van der Waals surface area contributed by atoms with Crippen LogP contribution in [0.5, 0.6) is 0 Å². The number of piperidine rings is 1. The maximum Gasteiger partial charge on any atom is 0.306 e. The number of carbonyl (C=O) groups is 1. The van der Waals surface area contributed by atoms with Crippen molar-refractivity contribution in [2.75, 3.05) is 13.1 Å². The Morgan fingerprint density at radius 2 is 2.08 bits per heavy atom. The van der Waals surface area contributed by atoms with Gasteiger partial charge in [-0.1, -0.05) is 6.92 Å². The van der Waals surface area contributed by atoms with E-state index in [0.717, 1.165) is 32.4 Å². The van der Waals surface area contributed by atoms with Gasteiger partial charge in [0.1, 0.15) is 6.10 Å². The highest BCUT2D eigenvalue weighted by Gasteiger charge is 2.16. The summed E-state index contributed by atoms with van der Waals surface area (Å²) in [5.74, 6) is -0.0376. The van der Waals surface area contributed by atoms with E-state index in [2.05, 4.69) is 5.32 Å². The third-order valence-corrected chi connectivity index (χ3v) is 2.04. The lowest BCUT2D eigenvalue weighted by molar-refractivity contribution is -0.150. The maximum absolute atomic E-state index is 11.1. The molecule has 0 aromatic heterocycles. The highest BCUT2D eigenvalue weighted by atomic mass is 35.5. The number of carbonyl (C=O) groups excluding carboxylic acids is 1. The second-order valence-electron chi connectivity index (χ2n) is 3.19. The number of esters is 1. The number of rotatable bonds is 3. The van der Waals surface area contributed by atoms with Gasteiger partial charge in [0.2, 0.25) is 0 Å². The molecule has 0 bridgehead atoms. The molecule has 0 atom stereocenters. The Balaban J connectivity index is 0.00000144. The largest absolute Gasteiger partial charge is 0.462 e. The van der Waals surface area contributed by atoms with E-state index in [1.54, 1.807) is 0 Å². The van der Waals surface area contributed by atoms with Crippen LogP contribution >= 0.6 is 12.4 Å². The van der Waals surface area contributed by atoms with Gasteiger partial charge in [0.05, 0.1) is 0 Å². The molecular weight excluding hydrogens is 190 g/mol. The molecule has 0 aromatic carbocycles. The fraction of sp³-hybridized carbons (Fsp3) is 0.889. The van der Waals surface area contributed by atoms with Crippen molar-refractivity contribution in [3.05, 3.63) is 0 Å². The summed E-state index contributed by atoms with van der Waals surface area (Å²) in [6.07, 6.45) is 3.55. The zero-order valence-electron chi connectivity index (χ0n) is 8.04. The fourth-order valence-corrected chi connectivity index (χ4v) is 1.36. The summed E-state index contributed by atoms with van der Waals surface area (Å²) in [6, 6.07) is 0. The molecule has 1 fully saturated rings. The Kier molecular flexibility index (Phi) is 7.00. The molecule has 1 N–H and O–H groups in total. The topological polar surface area (TPSA) is 38.3 Å². The van der Waals surface area contributed by atoms with Crippen LogP contribution in [0.4, 0.5) is 0 Å². The van der Waals surface area contributed by atoms with Gasteiger partial charge in [-0.05, 0) is 32.4 Å². The molecule has 0 amide bonds. The van der Waals surface area contributed by atoms with Crippen LogP contribution in [0, 0.1) is 0 Å². The van der Waals surface area contributed by atoms with Crippen molar-refractivity contribution in [2.24, 2.45) is 0 Å². The standard InChI is InChI=1S/C9H17NO2.ClH/c1-2-3-9(11)12-8-4-6-10-7-5-8;/h8,10H,2-7H2,1H3;1H. The van der Waals surface area contributed by atoms with Crippen LogP contribution in [-0.2, 0) is 9.53 Å². The van der Waals surface area contributed by atoms with Gasteiger partial charge in [0.15, 0.2) is 0 Å². The minimum absolute atomic E-state index is 0. The van der Waals surface area contributed by atoms with E-state index in [1.807, 2.05) is 6.92 Å². The highest BCUT2D eigenvalue weighted by molar-refractivity contribution is 5.85. The predicted molar refractivity (Wildman–Crippen MR) is 54.1 cm³/mol. The third kappa shape index (κ3) is 5.11. The van der Waals surface area contributed by atoms with Crippen molar-refractivity contribution in [3.8, 4) is 0 Å². The van der Waals surface area contributed by atoms with Gasteiger partial charge in [0.25, 0.3) is 0 Å². The summed E-state index contributed by atoms with van der Waals surface area (Å²) in [6.45, 7) is 3.94. The molecule has 4 heteroatoms. The van der Waals surface area contributed by atoms with Crippen LogP contribution in [0.1, 0.15) is 32.6 Å². The van der Waals surface area contributed by atoms with Gasteiger partial charge in [0, 0.05) is 6.42 Å². The normalized spacial score (nSPS) is 17.6. The molecule has 1 aliphatic rings. The molecule has 1 aliphatic heterocycles. The van der Waals surface area contributed by atoms with Crippen molar-refractivity contribution in [1.82, 2.24) is 5.32 Å². The lowest BCUT2D eigenvalue weighted by Crippen LogP contribution is -2.33. The summed E-state index contributed by atoms with van der Waals surface area (Å²) in [4.78, 5) is 11.1. The van der Waals surface area contributed by atoms with Gasteiger partial charge >= 0.3 is 5.97 Å². The van der Waals surface area contributed by atoms with Gasteiger partial charge in [-0.15, -0.1) is 12.4 Å². The maximum atomic E-state index is 11.1. The van der Waals surface area contributed by atoms with E-state index >= 15 is 0 Å². The summed E-state index contributed by atoms with van der Waals surface area (Å²) < 4.78 is 5.25. The molecule has 1 saturated heterocycles. The molecule has 0 aliphatic carbocycles. The molecule has 13 heavy (non-hydrogen) atoms. The number of hydrogen-bond donors (Lipinski definition) is 1. The third-order valence-electron chi connectivity index (χ3n) is 2.04. The minimum atomic E-state index is -0.0376. The Morgan fingerprint density at radius 1 is 1.46 bits per heavy atom. The van der Waals surface area contributed by atoms with Gasteiger partial charge in [-0.2, -0.15) is 0 Å². The first-order valence-corrected chi connectivity index (χ1v) is 4.73. The Morgan fingerprint density at radius 3 is 2.62 bits per heavy atom. The van der Waals surface area contributed by atoms with E-state index in [-0.39, 0.29) is 24.5 Å². The summed E-state index contributed by atoms with van der Waals surface area (Å²) in [5.41, 5.74) is 0. The van der Waals surface area contributed by atoms with Crippen molar-refractivity contribution in [2.45, 2.75) is 38.7 Å². The molecule has 0 aromatic rings. The number of hydrogen-bond acceptors (Lipinski definition) is 3. The predicted octanol–water partition coefficient (Wildman–Crippen LogP) is 1.50. The van der Waals surface area contributed by atoms with E-state index < -0.39 is 0 Å². The van der Waals surface area contributed by atoms with Crippen LogP contribution in [0.3, 0.4) is 0 Å². The summed E-state index contributed by atoms with van der Waals surface area (Å²) in [5, 5.41) is 3.23. The quantitative estimate of drug-likeness (QED) is 0.713. The molecular formula is C9H18ClNO2. The molecule has 0 unspecified atom stereocenters. The highest BCUT2D eigenvalue weighted by Crippen LogP contribution is 2.08. The Hall–Kier alpha value is -0.280. The summed E-state index contributed by atoms with van der Waals surface area (Å²) in [7, 11) is 0. The first kappa shape index (κ1) is 12.7. The summed E-state index contributed by atoms with van der Waals surface area (Å²) >= 11 is 0. The number of ether oxygens (including phenoxy) is 1. The molecule has 78 valence electrons. The van der Waals surface area contributed by atoms with Crippen LogP contribution < -0.4 is 5.32 Å². The van der Waals surface area contributed by atoms with Gasteiger partial charge < -0.3 is 10.1 Å². The van der Waals surface area contributed by atoms with Crippen molar-refractivity contribution < 1.29 is 9.53 Å². The molecule has 1 heterocycles. The van der Waals surface area contributed by atoms with Gasteiger partial charge in [-0.25, -0.2) is 0 Å². The molecule has 0 spiro atoms. The molecule has 0 saturated carbocycles. The number of nitrogens with one attached hydrogen (secondary N) is 1. The fourth-order valence-electron chi connectivity index (χ4n) is 1.36. The van der Waals surface area contributed by atoms with E-state index in [0.29, 0.717) is 6.42 Å². The van der Waals surface area contributed by atoms with E-state index in [1.165, 1.54) is 0 Å². The van der Waals surface area contributed by atoms with Crippen molar-refractivity contribution in [1.29, 1.82) is 0 Å². The number of halogens is 1. The van der Waals surface area contributed by atoms with Gasteiger partial charge in [-0.3, -0.25) is 4.79 Å². The average Bonchev–Trinajstić information content (AvgIpc) is 2.06. The average molecular weight is 208 g/mol. The van der Waals surface area contributed by atoms with Crippen LogP contribution in [0.2, 0.25) is 0 Å². The second kappa shape index (κ2) is 7.15. The monoisotopic (exact) mass is 207 g/mol. The van der Waals surface area contributed by atoms with Crippen LogP contribution in [-0.4, -0.2) is 25.2 Å². The zero-order valence-corrected chi connectivity index (χ0v) is 8.86. The Bertz CT molecular complexity index is 147. The van der Waals surface area contributed by atoms with Crippen LogP contribution in [0.25, 0.3) is 0 Å². The lowest BCUT2D eigenvalue weighted by Gasteiger charge is -2.22. The zero-order chi connectivity index (χ0) is 8.81. The Labute approximate surface area is 85.6 Å². The van der Waals surface area contributed by atoms with Crippen LogP contribution in [0.15, 0.2) is 0 Å². The first-order chi connectivity index (χ1) is 5.83. The lowest BCUT2D eigenvalue weighted by atomic mass is 10.1. The minimum Gasteiger partial charge on any atom is -0.462 e.